The first-order valence-corrected chi connectivity index (χ1v) is 7.42. The van der Waals surface area contributed by atoms with Crippen molar-refractivity contribution < 1.29 is 28.6 Å². The summed E-state index contributed by atoms with van der Waals surface area (Å²) in [6.07, 6.45) is 1.51. The standard InChI is InChI=1S/C16H18N2O6/c1-3-22-13-8-10(7-11-15(20)18-16(21)17-11)5-6-12(13)24-9-14(19)23-4-2/h5-8H,3-4,9H2,1-2H3,(H2,17,18,20,21). The van der Waals surface area contributed by atoms with E-state index in [-0.39, 0.29) is 18.9 Å². The third-order valence-electron chi connectivity index (χ3n) is 2.95. The van der Waals surface area contributed by atoms with E-state index in [9.17, 15) is 14.4 Å². The van der Waals surface area contributed by atoms with E-state index in [1.807, 2.05) is 6.92 Å². The summed E-state index contributed by atoms with van der Waals surface area (Å²) >= 11 is 0. The molecular weight excluding hydrogens is 316 g/mol. The van der Waals surface area contributed by atoms with Gasteiger partial charge in [-0.25, -0.2) is 9.59 Å². The van der Waals surface area contributed by atoms with Gasteiger partial charge in [0.05, 0.1) is 13.2 Å². The van der Waals surface area contributed by atoms with Gasteiger partial charge < -0.3 is 19.5 Å². The molecule has 1 heterocycles. The molecule has 0 unspecified atom stereocenters. The van der Waals surface area contributed by atoms with Crippen LogP contribution in [0.5, 0.6) is 11.5 Å². The van der Waals surface area contributed by atoms with Gasteiger partial charge in [-0.05, 0) is 37.6 Å². The first-order chi connectivity index (χ1) is 11.5. The topological polar surface area (TPSA) is 103 Å². The van der Waals surface area contributed by atoms with Crippen LogP contribution >= 0.6 is 0 Å². The Bertz CT molecular complexity index is 683. The van der Waals surface area contributed by atoms with Gasteiger partial charge in [0.15, 0.2) is 18.1 Å². The molecule has 8 heteroatoms. The lowest BCUT2D eigenvalue weighted by molar-refractivity contribution is -0.145. The number of esters is 1. The Morgan fingerprint density at radius 2 is 1.88 bits per heavy atom. The summed E-state index contributed by atoms with van der Waals surface area (Å²) in [6.45, 7) is 3.97. The van der Waals surface area contributed by atoms with Crippen molar-refractivity contribution >= 4 is 24.0 Å². The van der Waals surface area contributed by atoms with Crippen LogP contribution in [0, 0.1) is 0 Å². The molecule has 1 aromatic rings. The average molecular weight is 334 g/mol. The van der Waals surface area contributed by atoms with Crippen molar-refractivity contribution in [1.29, 1.82) is 0 Å². The quantitative estimate of drug-likeness (QED) is 0.441. The molecule has 128 valence electrons. The zero-order valence-corrected chi connectivity index (χ0v) is 13.4. The molecule has 0 radical (unpaired) electrons. The van der Waals surface area contributed by atoms with Crippen LogP contribution in [-0.2, 0) is 14.3 Å². The van der Waals surface area contributed by atoms with Gasteiger partial charge in [0.25, 0.3) is 5.91 Å². The second-order valence-electron chi connectivity index (χ2n) is 4.70. The number of ether oxygens (including phenoxy) is 3. The highest BCUT2D eigenvalue weighted by Gasteiger charge is 2.22. The van der Waals surface area contributed by atoms with Crippen LogP contribution in [0.1, 0.15) is 19.4 Å². The second kappa shape index (κ2) is 8.00. The lowest BCUT2D eigenvalue weighted by Crippen LogP contribution is -2.22. The van der Waals surface area contributed by atoms with E-state index in [0.717, 1.165) is 0 Å². The molecular formula is C16H18N2O6. The Labute approximate surface area is 138 Å². The molecule has 0 bridgehead atoms. The molecule has 0 atom stereocenters. The van der Waals surface area contributed by atoms with Crippen molar-refractivity contribution in [3.05, 3.63) is 29.5 Å². The van der Waals surface area contributed by atoms with Crippen LogP contribution in [-0.4, -0.2) is 37.7 Å². The minimum absolute atomic E-state index is 0.141. The number of rotatable bonds is 7. The van der Waals surface area contributed by atoms with Gasteiger partial charge in [0.2, 0.25) is 0 Å². The molecule has 1 aromatic carbocycles. The zero-order chi connectivity index (χ0) is 17.5. The van der Waals surface area contributed by atoms with E-state index in [2.05, 4.69) is 10.6 Å². The third kappa shape index (κ3) is 4.48. The van der Waals surface area contributed by atoms with Gasteiger partial charge in [-0.15, -0.1) is 0 Å². The maximum Gasteiger partial charge on any atom is 0.344 e. The second-order valence-corrected chi connectivity index (χ2v) is 4.70. The van der Waals surface area contributed by atoms with E-state index in [4.69, 9.17) is 14.2 Å². The molecule has 0 aliphatic carbocycles. The van der Waals surface area contributed by atoms with Crippen molar-refractivity contribution in [3.63, 3.8) is 0 Å². The number of amides is 3. The summed E-state index contributed by atoms with van der Waals surface area (Å²) in [5, 5.41) is 4.52. The number of nitrogens with one attached hydrogen (secondary N) is 2. The average Bonchev–Trinajstić information content (AvgIpc) is 2.85. The van der Waals surface area contributed by atoms with Crippen LogP contribution in [0.3, 0.4) is 0 Å². The van der Waals surface area contributed by atoms with Crippen LogP contribution in [0.15, 0.2) is 23.9 Å². The molecule has 24 heavy (non-hydrogen) atoms. The van der Waals surface area contributed by atoms with Crippen LogP contribution in [0.25, 0.3) is 6.08 Å². The van der Waals surface area contributed by atoms with E-state index in [1.54, 1.807) is 25.1 Å². The van der Waals surface area contributed by atoms with Crippen LogP contribution in [0.4, 0.5) is 4.79 Å². The number of hydrogen-bond acceptors (Lipinski definition) is 6. The SMILES string of the molecule is CCOC(=O)COc1ccc(C=C2NC(=O)NC2=O)cc1OCC. The largest absolute Gasteiger partial charge is 0.490 e. The molecule has 1 saturated heterocycles. The molecule has 2 rings (SSSR count). The fourth-order valence-corrected chi connectivity index (χ4v) is 1.99. The summed E-state index contributed by atoms with van der Waals surface area (Å²) in [5.41, 5.74) is 0.775. The third-order valence-corrected chi connectivity index (χ3v) is 2.95. The molecule has 0 spiro atoms. The van der Waals surface area contributed by atoms with Gasteiger partial charge in [0, 0.05) is 0 Å². The Hall–Kier alpha value is -3.03. The Kier molecular flexibility index (Phi) is 5.78. The van der Waals surface area contributed by atoms with Gasteiger partial charge >= 0.3 is 12.0 Å². The lowest BCUT2D eigenvalue weighted by Gasteiger charge is -2.12. The van der Waals surface area contributed by atoms with Gasteiger partial charge in [0.1, 0.15) is 5.70 Å². The molecule has 0 saturated carbocycles. The van der Waals surface area contributed by atoms with Crippen molar-refractivity contribution in [3.8, 4) is 11.5 Å². The molecule has 1 aliphatic rings. The van der Waals surface area contributed by atoms with E-state index < -0.39 is 17.9 Å². The van der Waals surface area contributed by atoms with Gasteiger partial charge in [-0.1, -0.05) is 6.07 Å². The maximum absolute atomic E-state index is 11.5. The predicted octanol–water partition coefficient (Wildman–Crippen LogP) is 1.21. The molecule has 3 amide bonds. The number of imide groups is 1. The van der Waals surface area contributed by atoms with Crippen molar-refractivity contribution in [1.82, 2.24) is 10.6 Å². The maximum atomic E-state index is 11.5. The summed E-state index contributed by atoms with van der Waals surface area (Å²) in [5.74, 6) is -0.176. The van der Waals surface area contributed by atoms with Crippen molar-refractivity contribution in [2.75, 3.05) is 19.8 Å². The minimum Gasteiger partial charge on any atom is -0.490 e. The highest BCUT2D eigenvalue weighted by Crippen LogP contribution is 2.29. The summed E-state index contributed by atoms with van der Waals surface area (Å²) in [6, 6.07) is 4.37. The number of carbonyl (C=O) groups excluding carboxylic acids is 3. The van der Waals surface area contributed by atoms with Crippen molar-refractivity contribution in [2.45, 2.75) is 13.8 Å². The number of benzene rings is 1. The zero-order valence-electron chi connectivity index (χ0n) is 13.4. The van der Waals surface area contributed by atoms with E-state index >= 15 is 0 Å². The fourth-order valence-electron chi connectivity index (χ4n) is 1.99. The Morgan fingerprint density at radius 1 is 1.08 bits per heavy atom. The van der Waals surface area contributed by atoms with Crippen LogP contribution < -0.4 is 20.1 Å². The number of hydrogen-bond donors (Lipinski definition) is 2. The predicted molar refractivity (Wildman–Crippen MR) is 84.4 cm³/mol. The number of carbonyl (C=O) groups is 3. The van der Waals surface area contributed by atoms with Gasteiger partial charge in [-0.2, -0.15) is 0 Å². The number of urea groups is 1. The monoisotopic (exact) mass is 334 g/mol. The summed E-state index contributed by atoms with van der Waals surface area (Å²) in [7, 11) is 0. The Morgan fingerprint density at radius 3 is 2.50 bits per heavy atom. The molecule has 2 N–H and O–H groups in total. The highest BCUT2D eigenvalue weighted by atomic mass is 16.6. The smallest absolute Gasteiger partial charge is 0.344 e. The molecule has 1 fully saturated rings. The minimum atomic E-state index is -0.564. The molecule has 1 aliphatic heterocycles. The first kappa shape index (κ1) is 17.3. The fraction of sp³-hybridized carbons (Fsp3) is 0.312. The van der Waals surface area contributed by atoms with E-state index in [0.29, 0.717) is 23.7 Å². The normalized spacial score (nSPS) is 15.0. The van der Waals surface area contributed by atoms with E-state index in [1.165, 1.54) is 6.08 Å². The molecule has 8 nitrogen and oxygen atoms in total. The van der Waals surface area contributed by atoms with Crippen LogP contribution in [0.2, 0.25) is 0 Å². The Balaban J connectivity index is 2.16. The molecule has 0 aromatic heterocycles. The van der Waals surface area contributed by atoms with Gasteiger partial charge in [-0.3, -0.25) is 10.1 Å². The first-order valence-electron chi connectivity index (χ1n) is 7.42. The lowest BCUT2D eigenvalue weighted by atomic mass is 10.1. The summed E-state index contributed by atoms with van der Waals surface area (Å²) in [4.78, 5) is 34.0. The summed E-state index contributed by atoms with van der Waals surface area (Å²) < 4.78 is 15.7. The van der Waals surface area contributed by atoms with Crippen molar-refractivity contribution in [2.24, 2.45) is 0 Å². The highest BCUT2D eigenvalue weighted by molar-refractivity contribution is 6.14.